The number of nitrogens with zero attached hydrogens (tertiary/aromatic N) is 4. The number of hydrogen-bond acceptors (Lipinski definition) is 10. The lowest BCUT2D eigenvalue weighted by atomic mass is 9.88. The van der Waals surface area contributed by atoms with E-state index in [9.17, 15) is 33.1 Å². The van der Waals surface area contributed by atoms with E-state index >= 15 is 0 Å². The molecule has 0 saturated heterocycles. The molecule has 0 aliphatic heterocycles. The normalized spacial score (nSPS) is 12.3. The van der Waals surface area contributed by atoms with Gasteiger partial charge in [-0.3, -0.25) is 19.2 Å². The summed E-state index contributed by atoms with van der Waals surface area (Å²) < 4.78 is 37.8. The minimum Gasteiger partial charge on any atom is -0.481 e. The van der Waals surface area contributed by atoms with Gasteiger partial charge in [-0.15, -0.1) is 0 Å². The van der Waals surface area contributed by atoms with Crippen molar-refractivity contribution in [3.63, 3.8) is 0 Å². The molecule has 2 atom stereocenters. The molecule has 0 aliphatic carbocycles. The Morgan fingerprint density at radius 2 is 1.24 bits per heavy atom. The van der Waals surface area contributed by atoms with E-state index in [1.54, 1.807) is 61.5 Å². The summed E-state index contributed by atoms with van der Waals surface area (Å²) in [5, 5.41) is 31.4. The highest BCUT2D eigenvalue weighted by Crippen LogP contribution is 2.26. The number of carboxylic acid groups (broad SMARTS) is 2. The number of nitrogens with one attached hydrogen (secondary N) is 2. The van der Waals surface area contributed by atoms with Gasteiger partial charge in [-0.05, 0) is 49.2 Å². The van der Waals surface area contributed by atoms with Gasteiger partial charge in [-0.25, -0.2) is 8.78 Å². The first-order valence-corrected chi connectivity index (χ1v) is 18.1. The number of aromatic nitrogens is 4. The molecule has 2 amide bonds. The molecule has 300 valence electrons. The van der Waals surface area contributed by atoms with Gasteiger partial charge >= 0.3 is 11.9 Å². The van der Waals surface area contributed by atoms with Crippen molar-refractivity contribution in [1.29, 1.82) is 0 Å². The lowest BCUT2D eigenvalue weighted by molar-refractivity contribution is -0.140. The predicted octanol–water partition coefficient (Wildman–Crippen LogP) is 6.76. The average molecular weight is 795 g/mol. The van der Waals surface area contributed by atoms with E-state index in [1.807, 2.05) is 31.2 Å². The highest BCUT2D eigenvalue weighted by molar-refractivity contribution is 5.79. The second-order valence-electron chi connectivity index (χ2n) is 13.4. The fourth-order valence-corrected chi connectivity index (χ4v) is 5.93. The number of aryl methyl sites for hydroxylation is 3. The smallest absolute Gasteiger partial charge is 0.306 e. The standard InChI is InChI=1S/2C21H20FN3O4/c1-13-5-4-6-14(11-13)17(12-20(27)28)23-18(26)9-10-19-24-21(25-29-19)15-7-2-3-8-16(15)22;1-21(13-19(27)28,14-7-3-2-4-8-14)24-17(26)11-12-18-23-20(25-29-18)15-9-5-6-10-16(15)22/h2-8,11,17H,9-10,12H2,1H3,(H,23,26)(H,27,28);2-10H,11-13H2,1H3,(H,24,26)(H,27,28)/t17-;21-/m00/s1. The number of halogens is 2. The van der Waals surface area contributed by atoms with Crippen LogP contribution in [0, 0.1) is 18.6 Å². The van der Waals surface area contributed by atoms with Gasteiger partial charge in [0.15, 0.2) is 0 Å². The van der Waals surface area contributed by atoms with Gasteiger partial charge in [-0.2, -0.15) is 9.97 Å². The fraction of sp³-hybridized carbons (Fsp3) is 0.238. The summed E-state index contributed by atoms with van der Waals surface area (Å²) in [6.45, 7) is 3.56. The zero-order valence-corrected chi connectivity index (χ0v) is 31.5. The summed E-state index contributed by atoms with van der Waals surface area (Å²) in [7, 11) is 0. The third-order valence-corrected chi connectivity index (χ3v) is 8.79. The van der Waals surface area contributed by atoms with Crippen molar-refractivity contribution in [2.75, 3.05) is 0 Å². The molecule has 0 spiro atoms. The second kappa shape index (κ2) is 19.7. The average Bonchev–Trinajstić information content (AvgIpc) is 3.87. The number of carbonyl (C=O) groups excluding carboxylic acids is 2. The molecule has 2 heterocycles. The number of carbonyl (C=O) groups is 4. The fourth-order valence-electron chi connectivity index (χ4n) is 5.93. The van der Waals surface area contributed by atoms with E-state index in [0.29, 0.717) is 5.56 Å². The largest absolute Gasteiger partial charge is 0.481 e. The number of carboxylic acids is 2. The van der Waals surface area contributed by atoms with E-state index in [4.69, 9.17) is 14.2 Å². The monoisotopic (exact) mass is 794 g/mol. The van der Waals surface area contributed by atoms with Crippen molar-refractivity contribution in [1.82, 2.24) is 30.9 Å². The predicted molar refractivity (Wildman–Crippen MR) is 205 cm³/mol. The second-order valence-corrected chi connectivity index (χ2v) is 13.4. The van der Waals surface area contributed by atoms with Gasteiger partial charge in [-0.1, -0.05) is 94.7 Å². The van der Waals surface area contributed by atoms with Crippen LogP contribution in [0.3, 0.4) is 0 Å². The SMILES string of the molecule is C[C@@](CC(=O)O)(NC(=O)CCc1nc(-c2ccccc2F)no1)c1ccccc1.Cc1cccc([C@H](CC(=O)O)NC(=O)CCc2nc(-c3ccccc3F)no2)c1. The minimum absolute atomic E-state index is 0.0148. The highest BCUT2D eigenvalue weighted by Gasteiger charge is 2.31. The lowest BCUT2D eigenvalue weighted by Gasteiger charge is -2.30. The van der Waals surface area contributed by atoms with Crippen molar-refractivity contribution >= 4 is 23.8 Å². The third kappa shape index (κ3) is 11.9. The first-order chi connectivity index (χ1) is 27.8. The molecule has 58 heavy (non-hydrogen) atoms. The molecule has 0 saturated carbocycles. The molecule has 6 aromatic rings. The molecular formula is C42H40F2N6O8. The Bertz CT molecular complexity index is 2350. The third-order valence-electron chi connectivity index (χ3n) is 8.79. The lowest BCUT2D eigenvalue weighted by Crippen LogP contribution is -2.45. The minimum atomic E-state index is -1.06. The summed E-state index contributed by atoms with van der Waals surface area (Å²) in [6.07, 6.45) is -0.151. The van der Waals surface area contributed by atoms with Gasteiger partial charge in [0.2, 0.25) is 35.2 Å². The van der Waals surface area contributed by atoms with Gasteiger partial charge in [0.25, 0.3) is 0 Å². The molecular weight excluding hydrogens is 754 g/mol. The molecule has 4 N–H and O–H groups in total. The molecule has 0 aliphatic rings. The quantitative estimate of drug-likeness (QED) is 0.0801. The van der Waals surface area contributed by atoms with Crippen LogP contribution in [0.5, 0.6) is 0 Å². The molecule has 6 rings (SSSR count). The maximum Gasteiger partial charge on any atom is 0.306 e. The van der Waals surface area contributed by atoms with E-state index in [-0.39, 0.29) is 84.9 Å². The zero-order chi connectivity index (χ0) is 41.7. The van der Waals surface area contributed by atoms with Crippen LogP contribution in [-0.2, 0) is 37.6 Å². The molecule has 0 bridgehead atoms. The number of hydrogen-bond donors (Lipinski definition) is 4. The molecule has 0 unspecified atom stereocenters. The van der Waals surface area contributed by atoms with E-state index in [0.717, 1.165) is 11.1 Å². The Balaban J connectivity index is 0.000000221. The maximum atomic E-state index is 13.8. The van der Waals surface area contributed by atoms with Crippen LogP contribution in [-0.4, -0.2) is 54.2 Å². The van der Waals surface area contributed by atoms with Crippen LogP contribution >= 0.6 is 0 Å². The summed E-state index contributed by atoms with van der Waals surface area (Å²) >= 11 is 0. The van der Waals surface area contributed by atoms with Crippen LogP contribution in [0.4, 0.5) is 8.78 Å². The number of amides is 2. The van der Waals surface area contributed by atoms with E-state index < -0.39 is 35.2 Å². The van der Waals surface area contributed by atoms with Gasteiger partial charge in [0, 0.05) is 25.7 Å². The van der Waals surface area contributed by atoms with Crippen molar-refractivity contribution in [3.8, 4) is 22.8 Å². The number of rotatable bonds is 16. The van der Waals surface area contributed by atoms with Crippen molar-refractivity contribution in [2.45, 2.75) is 64.0 Å². The van der Waals surface area contributed by atoms with Gasteiger partial charge in [0.05, 0.1) is 35.5 Å². The first kappa shape index (κ1) is 42.1. The van der Waals surface area contributed by atoms with Crippen LogP contribution in [0.15, 0.2) is 112 Å². The molecule has 4 aromatic carbocycles. The Morgan fingerprint density at radius 3 is 1.76 bits per heavy atom. The maximum absolute atomic E-state index is 13.8. The topological polar surface area (TPSA) is 211 Å². The van der Waals surface area contributed by atoms with E-state index in [1.165, 1.54) is 24.3 Å². The molecule has 2 aromatic heterocycles. The summed E-state index contributed by atoms with van der Waals surface area (Å²) in [5.74, 6) is -3.06. The molecule has 0 radical (unpaired) electrons. The summed E-state index contributed by atoms with van der Waals surface area (Å²) in [4.78, 5) is 55.5. The zero-order valence-electron chi connectivity index (χ0n) is 31.5. The van der Waals surface area contributed by atoms with Gasteiger partial charge in [0.1, 0.15) is 11.6 Å². The Hall–Kier alpha value is -7.10. The first-order valence-electron chi connectivity index (χ1n) is 18.1. The Labute approximate surface area is 331 Å². The van der Waals surface area contributed by atoms with Crippen LogP contribution in [0.2, 0.25) is 0 Å². The van der Waals surface area contributed by atoms with Crippen molar-refractivity contribution in [3.05, 3.63) is 143 Å². The molecule has 14 nitrogen and oxygen atoms in total. The van der Waals surface area contributed by atoms with E-state index in [2.05, 4.69) is 30.9 Å². The van der Waals surface area contributed by atoms with Crippen molar-refractivity contribution < 1.29 is 47.2 Å². The highest BCUT2D eigenvalue weighted by atomic mass is 19.1. The Kier molecular flexibility index (Phi) is 14.3. The van der Waals surface area contributed by atoms with Crippen LogP contribution in [0.1, 0.15) is 67.1 Å². The van der Waals surface area contributed by atoms with Crippen LogP contribution < -0.4 is 10.6 Å². The summed E-state index contributed by atoms with van der Waals surface area (Å²) in [5.41, 5.74) is 1.75. The Morgan fingerprint density at radius 1 is 0.707 bits per heavy atom. The van der Waals surface area contributed by atoms with Crippen LogP contribution in [0.25, 0.3) is 22.8 Å². The number of aliphatic carboxylic acids is 2. The molecule has 16 heteroatoms. The summed E-state index contributed by atoms with van der Waals surface area (Å²) in [6, 6.07) is 27.7. The van der Waals surface area contributed by atoms with Gasteiger partial charge < -0.3 is 29.9 Å². The van der Waals surface area contributed by atoms with Crippen molar-refractivity contribution in [2.24, 2.45) is 0 Å². The molecule has 0 fully saturated rings. The number of benzene rings is 4.